The van der Waals surface area contributed by atoms with E-state index in [0.717, 1.165) is 34.0 Å². The average Bonchev–Trinajstić information content (AvgIpc) is 3.34. The van der Waals surface area contributed by atoms with Gasteiger partial charge in [-0.3, -0.25) is 14.5 Å². The first-order valence-electron chi connectivity index (χ1n) is 11.6. The van der Waals surface area contributed by atoms with Crippen LogP contribution in [-0.2, 0) is 24.4 Å². The molecule has 0 aliphatic carbocycles. The molecule has 0 spiro atoms. The van der Waals surface area contributed by atoms with E-state index in [-0.39, 0.29) is 11.8 Å². The number of carbonyl (C=O) groups excluding carboxylic acids is 2. The van der Waals surface area contributed by atoms with E-state index < -0.39 is 0 Å². The van der Waals surface area contributed by atoms with Gasteiger partial charge in [-0.15, -0.1) is 0 Å². The molecule has 1 aromatic heterocycles. The molecular formula is C28H25ClN4O3. The van der Waals surface area contributed by atoms with Crippen LogP contribution in [0.15, 0.2) is 78.9 Å². The van der Waals surface area contributed by atoms with Gasteiger partial charge in [-0.1, -0.05) is 48.0 Å². The molecule has 36 heavy (non-hydrogen) atoms. The van der Waals surface area contributed by atoms with Crippen molar-refractivity contribution in [2.45, 2.75) is 26.1 Å². The normalized spacial score (nSPS) is 12.8. The lowest BCUT2D eigenvalue weighted by atomic mass is 10.1. The fourth-order valence-electron chi connectivity index (χ4n) is 4.22. The Labute approximate surface area is 214 Å². The van der Waals surface area contributed by atoms with Crippen molar-refractivity contribution in [1.29, 1.82) is 0 Å². The number of ether oxygens (including phenoxy) is 1. The smallest absolute Gasteiger partial charge is 0.251 e. The maximum atomic E-state index is 12.8. The van der Waals surface area contributed by atoms with Gasteiger partial charge in [-0.2, -0.15) is 5.10 Å². The number of aryl methyl sites for hydroxylation is 1. The number of carbonyl (C=O) groups is 2. The van der Waals surface area contributed by atoms with Crippen LogP contribution in [0.25, 0.3) is 11.3 Å². The molecule has 0 saturated carbocycles. The molecule has 8 heteroatoms. The van der Waals surface area contributed by atoms with Crippen molar-refractivity contribution < 1.29 is 14.3 Å². The molecule has 1 aliphatic rings. The van der Waals surface area contributed by atoms with E-state index in [1.165, 1.54) is 0 Å². The Hall–Kier alpha value is -4.10. The minimum Gasteiger partial charge on any atom is -0.497 e. The third-order valence-electron chi connectivity index (χ3n) is 6.14. The van der Waals surface area contributed by atoms with Gasteiger partial charge in [-0.05, 0) is 47.5 Å². The van der Waals surface area contributed by atoms with Crippen molar-refractivity contribution in [2.24, 2.45) is 0 Å². The van der Waals surface area contributed by atoms with E-state index in [1.807, 2.05) is 71.4 Å². The van der Waals surface area contributed by atoms with Crippen LogP contribution in [-0.4, -0.2) is 28.7 Å². The summed E-state index contributed by atoms with van der Waals surface area (Å²) in [5.41, 5.74) is 4.11. The molecule has 5 rings (SSSR count). The van der Waals surface area contributed by atoms with Gasteiger partial charge in [0.25, 0.3) is 5.91 Å². The van der Waals surface area contributed by atoms with Gasteiger partial charge in [0.2, 0.25) is 5.91 Å². The molecule has 7 nitrogen and oxygen atoms in total. The first-order chi connectivity index (χ1) is 17.5. The minimum atomic E-state index is -0.164. The molecular weight excluding hydrogens is 476 g/mol. The van der Waals surface area contributed by atoms with Crippen molar-refractivity contribution in [3.05, 3.63) is 101 Å². The lowest BCUT2D eigenvalue weighted by Crippen LogP contribution is -2.36. The third kappa shape index (κ3) is 5.11. The second kappa shape index (κ2) is 10.3. The Kier molecular flexibility index (Phi) is 6.73. The summed E-state index contributed by atoms with van der Waals surface area (Å²) in [6.07, 6.45) is 0.383. The average molecular weight is 501 g/mol. The van der Waals surface area contributed by atoms with Gasteiger partial charge in [0.1, 0.15) is 11.6 Å². The summed E-state index contributed by atoms with van der Waals surface area (Å²) < 4.78 is 7.09. The number of nitrogens with one attached hydrogen (secondary N) is 1. The van der Waals surface area contributed by atoms with Crippen LogP contribution in [0.2, 0.25) is 5.02 Å². The number of anilines is 1. The monoisotopic (exact) mass is 500 g/mol. The summed E-state index contributed by atoms with van der Waals surface area (Å²) in [5.74, 6) is 1.38. The number of hydrogen-bond donors (Lipinski definition) is 1. The van der Waals surface area contributed by atoms with Crippen molar-refractivity contribution >= 4 is 29.2 Å². The topological polar surface area (TPSA) is 76.5 Å². The zero-order valence-electron chi connectivity index (χ0n) is 19.8. The zero-order chi connectivity index (χ0) is 25.1. The SMILES string of the molecule is COc1cccc(CNC(=O)c2ccc(CN3C(=O)CCn4nc(-c5cccc(Cl)c5)cc43)cc2)c1. The predicted molar refractivity (Wildman–Crippen MR) is 139 cm³/mol. The quantitative estimate of drug-likeness (QED) is 0.384. The lowest BCUT2D eigenvalue weighted by molar-refractivity contribution is -0.119. The number of rotatable bonds is 7. The summed E-state index contributed by atoms with van der Waals surface area (Å²) in [5, 5.41) is 8.25. The second-order valence-corrected chi connectivity index (χ2v) is 9.02. The number of aromatic nitrogens is 2. The maximum absolute atomic E-state index is 12.8. The van der Waals surface area contributed by atoms with Crippen LogP contribution in [0.1, 0.15) is 27.9 Å². The van der Waals surface area contributed by atoms with E-state index in [4.69, 9.17) is 16.3 Å². The minimum absolute atomic E-state index is 0.0418. The fraction of sp³-hybridized carbons (Fsp3) is 0.179. The Bertz CT molecular complexity index is 1410. The van der Waals surface area contributed by atoms with Gasteiger partial charge in [0, 0.05) is 35.2 Å². The van der Waals surface area contributed by atoms with E-state index >= 15 is 0 Å². The summed E-state index contributed by atoms with van der Waals surface area (Å²) in [4.78, 5) is 27.2. The van der Waals surface area contributed by atoms with Gasteiger partial charge in [0.05, 0.1) is 25.9 Å². The third-order valence-corrected chi connectivity index (χ3v) is 6.37. The first kappa shape index (κ1) is 23.6. The standard InChI is InChI=1S/C28H25ClN4O3/c1-36-24-7-2-4-20(14-24)17-30-28(35)21-10-8-19(9-11-21)18-32-26-16-25(22-5-3-6-23(29)15-22)31-33(26)13-12-27(32)34/h2-11,14-16H,12-13,17-18H2,1H3,(H,30,35). The molecule has 2 amide bonds. The maximum Gasteiger partial charge on any atom is 0.251 e. The van der Waals surface area contributed by atoms with Gasteiger partial charge in [-0.25, -0.2) is 4.68 Å². The van der Waals surface area contributed by atoms with Gasteiger partial charge in [0.15, 0.2) is 0 Å². The van der Waals surface area contributed by atoms with Crippen molar-refractivity contribution in [3.8, 4) is 17.0 Å². The van der Waals surface area contributed by atoms with Crippen LogP contribution >= 0.6 is 11.6 Å². The van der Waals surface area contributed by atoms with Crippen LogP contribution in [0.3, 0.4) is 0 Å². The van der Waals surface area contributed by atoms with Gasteiger partial charge >= 0.3 is 0 Å². The van der Waals surface area contributed by atoms with E-state index in [2.05, 4.69) is 10.4 Å². The summed E-state index contributed by atoms with van der Waals surface area (Å²) >= 11 is 6.15. The Balaban J connectivity index is 1.27. The Morgan fingerprint density at radius 2 is 1.83 bits per heavy atom. The number of fused-ring (bicyclic) bond motifs is 1. The molecule has 1 aliphatic heterocycles. The number of hydrogen-bond acceptors (Lipinski definition) is 4. The molecule has 0 saturated heterocycles. The van der Waals surface area contributed by atoms with E-state index in [1.54, 1.807) is 24.1 Å². The first-order valence-corrected chi connectivity index (χ1v) is 12.0. The van der Waals surface area contributed by atoms with Crippen molar-refractivity contribution in [3.63, 3.8) is 0 Å². The lowest BCUT2D eigenvalue weighted by Gasteiger charge is -2.27. The van der Waals surface area contributed by atoms with Crippen LogP contribution in [0.5, 0.6) is 5.75 Å². The molecule has 4 aromatic rings. The molecule has 2 heterocycles. The molecule has 0 radical (unpaired) electrons. The van der Waals surface area contributed by atoms with Crippen LogP contribution < -0.4 is 15.0 Å². The molecule has 0 bridgehead atoms. The Morgan fingerprint density at radius 3 is 2.61 bits per heavy atom. The van der Waals surface area contributed by atoms with Crippen LogP contribution in [0.4, 0.5) is 5.82 Å². The summed E-state index contributed by atoms with van der Waals surface area (Å²) in [6.45, 7) is 1.34. The highest BCUT2D eigenvalue weighted by Gasteiger charge is 2.26. The predicted octanol–water partition coefficient (Wildman–Crippen LogP) is 5.08. The molecule has 182 valence electrons. The highest BCUT2D eigenvalue weighted by molar-refractivity contribution is 6.30. The number of methoxy groups -OCH3 is 1. The van der Waals surface area contributed by atoms with Crippen LogP contribution in [0, 0.1) is 0 Å². The van der Waals surface area contributed by atoms with Crippen molar-refractivity contribution in [2.75, 3.05) is 12.0 Å². The zero-order valence-corrected chi connectivity index (χ0v) is 20.5. The second-order valence-electron chi connectivity index (χ2n) is 8.58. The van der Waals surface area contributed by atoms with Gasteiger partial charge < -0.3 is 10.1 Å². The Morgan fingerprint density at radius 1 is 1.03 bits per heavy atom. The number of halogens is 1. The van der Waals surface area contributed by atoms with E-state index in [9.17, 15) is 9.59 Å². The number of nitrogens with zero attached hydrogens (tertiary/aromatic N) is 3. The summed E-state index contributed by atoms with van der Waals surface area (Å²) in [7, 11) is 1.61. The molecule has 0 unspecified atom stereocenters. The number of benzene rings is 3. The highest BCUT2D eigenvalue weighted by atomic mass is 35.5. The summed E-state index contributed by atoms with van der Waals surface area (Å²) in [6, 6.07) is 24.3. The molecule has 0 fully saturated rings. The fourth-order valence-corrected chi connectivity index (χ4v) is 4.41. The highest BCUT2D eigenvalue weighted by Crippen LogP contribution is 2.30. The molecule has 3 aromatic carbocycles. The molecule has 1 N–H and O–H groups in total. The van der Waals surface area contributed by atoms with Crippen molar-refractivity contribution in [1.82, 2.24) is 15.1 Å². The largest absolute Gasteiger partial charge is 0.497 e. The molecule has 0 atom stereocenters. The number of amides is 2. The van der Waals surface area contributed by atoms with E-state index in [0.29, 0.717) is 36.6 Å².